The van der Waals surface area contributed by atoms with E-state index in [1.807, 2.05) is 20.2 Å². The highest BCUT2D eigenvalue weighted by molar-refractivity contribution is 5.68. The summed E-state index contributed by atoms with van der Waals surface area (Å²) in [4.78, 5) is 23.5. The molecule has 1 atom stereocenters. The van der Waals surface area contributed by atoms with Crippen molar-refractivity contribution >= 4 is 23.2 Å². The Morgan fingerprint density at radius 2 is 2.12 bits per heavy atom. The van der Waals surface area contributed by atoms with Crippen molar-refractivity contribution < 1.29 is 23.7 Å². The number of rotatable bonds is 8. The number of likely N-dealkylation sites (N-methyl/N-ethyl adjacent to an activating group) is 1. The fourth-order valence-corrected chi connectivity index (χ4v) is 2.76. The molecular weight excluding hydrogens is 328 g/mol. The molecule has 9 heteroatoms. The van der Waals surface area contributed by atoms with Crippen molar-refractivity contribution in [2.24, 2.45) is 0 Å². The van der Waals surface area contributed by atoms with Gasteiger partial charge in [-0.05, 0) is 12.1 Å². The van der Waals surface area contributed by atoms with E-state index in [2.05, 4.69) is 5.32 Å². The fraction of sp³-hybridized carbons (Fsp3) is 0.562. The molecule has 1 fully saturated rings. The summed E-state index contributed by atoms with van der Waals surface area (Å²) in [5, 5.41) is 14.4. The average molecular weight is 353 g/mol. The van der Waals surface area contributed by atoms with Crippen LogP contribution in [0.25, 0.3) is 0 Å². The van der Waals surface area contributed by atoms with Crippen molar-refractivity contribution in [1.29, 1.82) is 0 Å². The molecule has 0 saturated carbocycles. The molecule has 1 aromatic carbocycles. The van der Waals surface area contributed by atoms with Crippen LogP contribution in [0.3, 0.4) is 0 Å². The molecule has 1 N–H and O–H groups in total. The van der Waals surface area contributed by atoms with Gasteiger partial charge in [0.15, 0.2) is 6.10 Å². The average Bonchev–Trinajstić information content (AvgIpc) is 2.90. The Hall–Kier alpha value is -2.55. The van der Waals surface area contributed by atoms with E-state index in [4.69, 9.17) is 9.47 Å². The molecule has 138 valence electrons. The van der Waals surface area contributed by atoms with Crippen LogP contribution in [0.2, 0.25) is 0 Å². The van der Waals surface area contributed by atoms with E-state index in [0.717, 1.165) is 6.54 Å². The minimum atomic E-state index is -0.614. The highest BCUT2D eigenvalue weighted by Gasteiger charge is 2.31. The third-order valence-electron chi connectivity index (χ3n) is 4.05. The third kappa shape index (κ3) is 5.21. The predicted octanol–water partition coefficient (Wildman–Crippen LogP) is 1.68. The number of nitrogens with one attached hydrogen (secondary N) is 1. The molecule has 0 aromatic heterocycles. The zero-order valence-electron chi connectivity index (χ0n) is 15.0. The monoisotopic (exact) mass is 353 g/mol. The summed E-state index contributed by atoms with van der Waals surface area (Å²) < 4.78 is 10.5. The SMILES string of the molecule is CN(C)c1ccc(NCC[N+](C)(C)CC2COC(=O)O2)cc1[N+](=O)[O-]. The third-order valence-corrected chi connectivity index (χ3v) is 4.05. The Morgan fingerprint density at radius 1 is 1.40 bits per heavy atom. The number of carbonyl (C=O) groups is 1. The van der Waals surface area contributed by atoms with Crippen molar-refractivity contribution in [3.05, 3.63) is 28.3 Å². The lowest BCUT2D eigenvalue weighted by Gasteiger charge is -2.31. The largest absolute Gasteiger partial charge is 0.509 e. The van der Waals surface area contributed by atoms with Gasteiger partial charge in [0.25, 0.3) is 5.69 Å². The first-order chi connectivity index (χ1) is 11.7. The molecule has 0 radical (unpaired) electrons. The van der Waals surface area contributed by atoms with Crippen LogP contribution >= 0.6 is 0 Å². The molecule has 1 unspecified atom stereocenters. The molecular formula is C16H25N4O5+. The summed E-state index contributed by atoms with van der Waals surface area (Å²) in [7, 11) is 7.61. The molecule has 1 aromatic rings. The van der Waals surface area contributed by atoms with Gasteiger partial charge in [-0.3, -0.25) is 10.1 Å². The van der Waals surface area contributed by atoms with E-state index in [1.165, 1.54) is 0 Å². The van der Waals surface area contributed by atoms with Gasteiger partial charge in [-0.15, -0.1) is 0 Å². The molecule has 1 aliphatic rings. The van der Waals surface area contributed by atoms with Crippen molar-refractivity contribution in [1.82, 2.24) is 0 Å². The Bertz CT molecular complexity index is 647. The summed E-state index contributed by atoms with van der Waals surface area (Å²) in [6.07, 6.45) is -0.848. The van der Waals surface area contributed by atoms with E-state index in [1.54, 1.807) is 31.1 Å². The van der Waals surface area contributed by atoms with Crippen LogP contribution < -0.4 is 10.2 Å². The molecule has 2 rings (SSSR count). The molecule has 0 aliphatic carbocycles. The highest BCUT2D eigenvalue weighted by Crippen LogP contribution is 2.29. The van der Waals surface area contributed by atoms with Crippen LogP contribution in [-0.2, 0) is 9.47 Å². The second kappa shape index (κ2) is 7.56. The normalized spacial score (nSPS) is 17.0. The summed E-state index contributed by atoms with van der Waals surface area (Å²) >= 11 is 0. The van der Waals surface area contributed by atoms with Crippen LogP contribution in [0.5, 0.6) is 0 Å². The van der Waals surface area contributed by atoms with Crippen molar-refractivity contribution in [2.45, 2.75) is 6.10 Å². The molecule has 1 saturated heterocycles. The van der Waals surface area contributed by atoms with Gasteiger partial charge in [0, 0.05) is 25.8 Å². The van der Waals surface area contributed by atoms with Crippen LogP contribution in [0.4, 0.5) is 21.9 Å². The van der Waals surface area contributed by atoms with Crippen LogP contribution in [-0.4, -0.2) is 76.1 Å². The first-order valence-corrected chi connectivity index (χ1v) is 8.03. The number of hydrogen-bond donors (Lipinski definition) is 1. The first-order valence-electron chi connectivity index (χ1n) is 8.03. The first kappa shape index (κ1) is 18.8. The van der Waals surface area contributed by atoms with Crippen molar-refractivity contribution in [2.75, 3.05) is 64.6 Å². The van der Waals surface area contributed by atoms with Gasteiger partial charge in [-0.25, -0.2) is 4.79 Å². The van der Waals surface area contributed by atoms with E-state index in [-0.39, 0.29) is 23.3 Å². The molecule has 25 heavy (non-hydrogen) atoms. The van der Waals surface area contributed by atoms with Gasteiger partial charge in [0.2, 0.25) is 0 Å². The standard InChI is InChI=1S/C16H25N4O5/c1-18(2)14-6-5-12(9-15(14)19(22)23)17-7-8-20(3,4)10-13-11-24-16(21)25-13/h5-6,9,13,17H,7-8,10-11H2,1-4H3/q+1. The molecule has 0 amide bonds. The molecule has 1 aliphatic heterocycles. The number of quaternary nitrogens is 1. The van der Waals surface area contributed by atoms with Gasteiger partial charge < -0.3 is 24.2 Å². The van der Waals surface area contributed by atoms with Crippen molar-refractivity contribution in [3.63, 3.8) is 0 Å². The number of anilines is 2. The number of carbonyl (C=O) groups excluding carboxylic acids is 1. The van der Waals surface area contributed by atoms with Crippen LogP contribution in [0.1, 0.15) is 0 Å². The lowest BCUT2D eigenvalue weighted by atomic mass is 10.2. The Kier molecular flexibility index (Phi) is 5.68. The molecule has 0 bridgehead atoms. The molecule has 1 heterocycles. The number of nitro benzene ring substituents is 1. The number of ether oxygens (including phenoxy) is 2. The van der Waals surface area contributed by atoms with Crippen molar-refractivity contribution in [3.8, 4) is 0 Å². The minimum Gasteiger partial charge on any atom is -0.430 e. The smallest absolute Gasteiger partial charge is 0.430 e. The highest BCUT2D eigenvalue weighted by atomic mass is 16.8. The van der Waals surface area contributed by atoms with Gasteiger partial charge >= 0.3 is 6.16 Å². The van der Waals surface area contributed by atoms with Gasteiger partial charge in [-0.2, -0.15) is 0 Å². The van der Waals surface area contributed by atoms with Crippen LogP contribution in [0.15, 0.2) is 18.2 Å². The number of nitrogens with zero attached hydrogens (tertiary/aromatic N) is 3. The Balaban J connectivity index is 1.91. The van der Waals surface area contributed by atoms with Gasteiger partial charge in [0.1, 0.15) is 18.8 Å². The second-order valence-electron chi connectivity index (χ2n) is 6.92. The second-order valence-corrected chi connectivity index (χ2v) is 6.92. The maximum atomic E-state index is 11.2. The van der Waals surface area contributed by atoms with E-state index in [9.17, 15) is 14.9 Å². The van der Waals surface area contributed by atoms with E-state index < -0.39 is 6.16 Å². The fourth-order valence-electron chi connectivity index (χ4n) is 2.76. The zero-order chi connectivity index (χ0) is 18.6. The minimum absolute atomic E-state index is 0.0683. The predicted molar refractivity (Wildman–Crippen MR) is 94.0 cm³/mol. The van der Waals surface area contributed by atoms with E-state index in [0.29, 0.717) is 28.9 Å². The maximum absolute atomic E-state index is 11.2. The molecule has 9 nitrogen and oxygen atoms in total. The Labute approximate surface area is 146 Å². The van der Waals surface area contributed by atoms with Gasteiger partial charge in [0.05, 0.1) is 32.1 Å². The van der Waals surface area contributed by atoms with E-state index >= 15 is 0 Å². The number of cyclic esters (lactones) is 2. The molecule has 0 spiro atoms. The number of hydrogen-bond acceptors (Lipinski definition) is 7. The maximum Gasteiger partial charge on any atom is 0.509 e. The zero-order valence-corrected chi connectivity index (χ0v) is 15.0. The van der Waals surface area contributed by atoms with Crippen LogP contribution in [0, 0.1) is 10.1 Å². The summed E-state index contributed by atoms with van der Waals surface area (Å²) in [5.41, 5.74) is 1.33. The lowest BCUT2D eigenvalue weighted by Crippen LogP contribution is -2.48. The summed E-state index contributed by atoms with van der Waals surface area (Å²) in [5.74, 6) is 0. The lowest BCUT2D eigenvalue weighted by molar-refractivity contribution is -0.891. The quantitative estimate of drug-likeness (QED) is 0.329. The number of nitro groups is 1. The topological polar surface area (TPSA) is 93.9 Å². The van der Waals surface area contributed by atoms with Gasteiger partial charge in [-0.1, -0.05) is 0 Å². The number of benzene rings is 1. The Morgan fingerprint density at radius 3 is 2.68 bits per heavy atom. The summed E-state index contributed by atoms with van der Waals surface area (Å²) in [6, 6.07) is 5.10. The summed E-state index contributed by atoms with van der Waals surface area (Å²) in [6.45, 7) is 2.32.